The average molecular weight is 1140 g/mol. The minimum absolute atomic E-state index is 0.0849. The first-order chi connectivity index (χ1) is 40.5. The highest BCUT2D eigenvalue weighted by atomic mass is 16.6. The molecule has 470 valence electrons. The van der Waals surface area contributed by atoms with Crippen LogP contribution in [0.1, 0.15) is 335 Å². The quantitative estimate of drug-likeness (QED) is 0.0261. The summed E-state index contributed by atoms with van der Waals surface area (Å²) in [5.74, 6) is -0.891. The largest absolute Gasteiger partial charge is 0.462 e. The molecule has 0 aliphatic heterocycles. The Bertz CT molecular complexity index is 1640. The minimum Gasteiger partial charge on any atom is -0.462 e. The number of hydrogen-bond donors (Lipinski definition) is 0. The van der Waals surface area contributed by atoms with Gasteiger partial charge in [0.15, 0.2) is 6.10 Å². The van der Waals surface area contributed by atoms with Gasteiger partial charge in [-0.25, -0.2) is 0 Å². The van der Waals surface area contributed by atoms with E-state index in [0.717, 1.165) is 116 Å². The second-order valence-electron chi connectivity index (χ2n) is 23.1. The lowest BCUT2D eigenvalue weighted by molar-refractivity contribution is -0.167. The van der Waals surface area contributed by atoms with Crippen molar-refractivity contribution in [2.75, 3.05) is 13.2 Å². The summed E-state index contributed by atoms with van der Waals surface area (Å²) in [6.07, 6.45) is 95.3. The second kappa shape index (κ2) is 69.6. The first kappa shape index (κ1) is 78.1. The molecule has 0 aliphatic carbocycles. The van der Waals surface area contributed by atoms with Crippen LogP contribution in [0.2, 0.25) is 0 Å². The Morgan fingerprint density at radius 1 is 0.256 bits per heavy atom. The van der Waals surface area contributed by atoms with E-state index >= 15 is 0 Å². The molecule has 0 aromatic rings. The summed E-state index contributed by atoms with van der Waals surface area (Å²) in [6, 6.07) is 0. The van der Waals surface area contributed by atoms with Gasteiger partial charge in [0, 0.05) is 19.3 Å². The third kappa shape index (κ3) is 66.9. The maximum Gasteiger partial charge on any atom is 0.306 e. The highest BCUT2D eigenvalue weighted by Gasteiger charge is 2.19. The van der Waals surface area contributed by atoms with Crippen LogP contribution in [0.4, 0.5) is 0 Å². The third-order valence-corrected chi connectivity index (χ3v) is 15.0. The molecule has 1 atom stereocenters. The van der Waals surface area contributed by atoms with E-state index in [9.17, 15) is 14.4 Å². The Hall–Kier alpha value is -3.93. The Balaban J connectivity index is 4.35. The zero-order valence-electron chi connectivity index (χ0n) is 54.0. The monoisotopic (exact) mass is 1140 g/mol. The summed E-state index contributed by atoms with van der Waals surface area (Å²) in [6.45, 7) is 6.52. The summed E-state index contributed by atoms with van der Waals surface area (Å²) in [7, 11) is 0. The summed E-state index contributed by atoms with van der Waals surface area (Å²) < 4.78 is 17.0. The van der Waals surface area contributed by atoms with E-state index in [1.807, 2.05) is 0 Å². The van der Waals surface area contributed by atoms with Crippen LogP contribution in [0.3, 0.4) is 0 Å². The number of carbonyl (C=O) groups excluding carboxylic acids is 3. The highest BCUT2D eigenvalue weighted by molar-refractivity contribution is 5.71. The van der Waals surface area contributed by atoms with Crippen LogP contribution in [0.25, 0.3) is 0 Å². The van der Waals surface area contributed by atoms with E-state index in [1.165, 1.54) is 180 Å². The fourth-order valence-electron chi connectivity index (χ4n) is 9.77. The molecule has 6 heteroatoms. The number of rotatable bonds is 63. The van der Waals surface area contributed by atoms with Crippen LogP contribution in [0.5, 0.6) is 0 Å². The van der Waals surface area contributed by atoms with Crippen molar-refractivity contribution in [1.29, 1.82) is 0 Å². The van der Waals surface area contributed by atoms with Crippen LogP contribution in [0.15, 0.2) is 109 Å². The molecule has 0 spiro atoms. The topological polar surface area (TPSA) is 78.9 Å². The van der Waals surface area contributed by atoms with Crippen LogP contribution in [0, 0.1) is 0 Å². The predicted octanol–water partition coefficient (Wildman–Crippen LogP) is 24.2. The van der Waals surface area contributed by atoms with Gasteiger partial charge in [0.1, 0.15) is 13.2 Å². The maximum absolute atomic E-state index is 13.0. The van der Waals surface area contributed by atoms with Crippen molar-refractivity contribution < 1.29 is 28.6 Å². The van der Waals surface area contributed by atoms with Gasteiger partial charge in [-0.15, -0.1) is 0 Å². The molecule has 0 heterocycles. The lowest BCUT2D eigenvalue weighted by atomic mass is 10.0. The van der Waals surface area contributed by atoms with Gasteiger partial charge in [-0.2, -0.15) is 0 Å². The first-order valence-electron chi connectivity index (χ1n) is 34.9. The number of carbonyl (C=O) groups is 3. The molecule has 0 aliphatic rings. The van der Waals surface area contributed by atoms with E-state index in [4.69, 9.17) is 14.2 Å². The molecule has 0 amide bonds. The van der Waals surface area contributed by atoms with Crippen LogP contribution in [-0.4, -0.2) is 37.2 Å². The second-order valence-corrected chi connectivity index (χ2v) is 23.1. The Kier molecular flexibility index (Phi) is 66.2. The van der Waals surface area contributed by atoms with Crippen LogP contribution >= 0.6 is 0 Å². The summed E-state index contributed by atoms with van der Waals surface area (Å²) in [5, 5.41) is 0. The summed E-state index contributed by atoms with van der Waals surface area (Å²) >= 11 is 0. The smallest absolute Gasteiger partial charge is 0.306 e. The van der Waals surface area contributed by atoms with E-state index in [1.54, 1.807) is 0 Å². The zero-order chi connectivity index (χ0) is 59.2. The van der Waals surface area contributed by atoms with Gasteiger partial charge >= 0.3 is 17.9 Å². The summed E-state index contributed by atoms with van der Waals surface area (Å²) in [4.78, 5) is 38.4. The fraction of sp³-hybridized carbons (Fsp3) is 0.724. The molecule has 0 saturated carbocycles. The lowest BCUT2D eigenvalue weighted by Crippen LogP contribution is -2.30. The number of hydrogen-bond acceptors (Lipinski definition) is 6. The van der Waals surface area contributed by atoms with E-state index < -0.39 is 6.10 Å². The zero-order valence-corrected chi connectivity index (χ0v) is 54.0. The van der Waals surface area contributed by atoms with Gasteiger partial charge in [-0.1, -0.05) is 297 Å². The van der Waals surface area contributed by atoms with E-state index in [-0.39, 0.29) is 31.1 Å². The Morgan fingerprint density at radius 2 is 0.476 bits per heavy atom. The molecular formula is C76H130O6. The van der Waals surface area contributed by atoms with Crippen molar-refractivity contribution in [3.8, 4) is 0 Å². The van der Waals surface area contributed by atoms with Gasteiger partial charge in [-0.3, -0.25) is 14.4 Å². The third-order valence-electron chi connectivity index (χ3n) is 15.0. The van der Waals surface area contributed by atoms with Crippen molar-refractivity contribution in [1.82, 2.24) is 0 Å². The van der Waals surface area contributed by atoms with Crippen molar-refractivity contribution in [2.24, 2.45) is 0 Å². The lowest BCUT2D eigenvalue weighted by Gasteiger charge is -2.18. The van der Waals surface area contributed by atoms with Crippen molar-refractivity contribution >= 4 is 17.9 Å². The standard InChI is InChI=1S/C76H130O6/c1-4-7-10-13-16-19-22-25-28-30-32-34-36-37-38-39-41-42-44-46-48-51-54-57-60-63-66-69-75(78)81-72-73(71-80-74(77)68-65-62-59-56-53-50-27-24-21-18-15-12-9-6-3)82-76(79)70-67-64-61-58-55-52-49-47-45-43-40-35-33-31-29-26-23-20-17-14-11-8-5-2/h7,10,16,19,23-28,31-34,37-38,41-42,73H,4-6,8-9,11-15,17-18,20-22,29-30,35-36,39-40,43-72H2,1-3H3/b10-7-,19-16-,26-23-,27-24-,28-25-,33-31-,34-32-,38-37-,42-41-. The minimum atomic E-state index is -0.789. The molecule has 0 N–H and O–H groups in total. The van der Waals surface area contributed by atoms with Gasteiger partial charge in [-0.05, 0) is 128 Å². The molecule has 0 aromatic heterocycles. The molecule has 0 bridgehead atoms. The van der Waals surface area contributed by atoms with Crippen molar-refractivity contribution in [3.63, 3.8) is 0 Å². The van der Waals surface area contributed by atoms with Gasteiger partial charge < -0.3 is 14.2 Å². The van der Waals surface area contributed by atoms with E-state index in [0.29, 0.717) is 19.3 Å². The molecule has 0 fully saturated rings. The Morgan fingerprint density at radius 3 is 0.756 bits per heavy atom. The average Bonchev–Trinajstić information content (AvgIpc) is 3.48. The molecule has 0 aromatic carbocycles. The number of ether oxygens (including phenoxy) is 3. The SMILES string of the molecule is CC/C=C\C/C=C\C/C=C\C/C=C\C/C=C\C/C=C\CCCCCCCCCCC(=O)OCC(COC(=O)CCCCCCC/C=C\CCCCCCC)OC(=O)CCCCCCCCCCCCC/C=C\C/C=C\CCCCCCC. The van der Waals surface area contributed by atoms with Crippen LogP contribution in [-0.2, 0) is 28.6 Å². The molecule has 0 rings (SSSR count). The Labute approximate surface area is 508 Å². The van der Waals surface area contributed by atoms with Crippen LogP contribution < -0.4 is 0 Å². The van der Waals surface area contributed by atoms with Gasteiger partial charge in [0.25, 0.3) is 0 Å². The molecule has 6 nitrogen and oxygen atoms in total. The number of unbranched alkanes of at least 4 members (excludes halogenated alkanes) is 34. The fourth-order valence-corrected chi connectivity index (χ4v) is 9.77. The summed E-state index contributed by atoms with van der Waals surface area (Å²) in [5.41, 5.74) is 0. The predicted molar refractivity (Wildman–Crippen MR) is 357 cm³/mol. The number of esters is 3. The van der Waals surface area contributed by atoms with Gasteiger partial charge in [0.05, 0.1) is 0 Å². The number of allylic oxidation sites excluding steroid dienone is 18. The van der Waals surface area contributed by atoms with Crippen molar-refractivity contribution in [2.45, 2.75) is 341 Å². The molecular weight excluding hydrogens is 1010 g/mol. The maximum atomic E-state index is 13.0. The molecule has 82 heavy (non-hydrogen) atoms. The normalized spacial score (nSPS) is 12.8. The highest BCUT2D eigenvalue weighted by Crippen LogP contribution is 2.16. The first-order valence-corrected chi connectivity index (χ1v) is 34.9. The van der Waals surface area contributed by atoms with Crippen molar-refractivity contribution in [3.05, 3.63) is 109 Å². The molecule has 0 radical (unpaired) electrons. The molecule has 1 unspecified atom stereocenters. The molecule has 0 saturated heterocycles. The van der Waals surface area contributed by atoms with Gasteiger partial charge in [0.2, 0.25) is 0 Å². The van der Waals surface area contributed by atoms with E-state index in [2.05, 4.69) is 130 Å².